The lowest BCUT2D eigenvalue weighted by molar-refractivity contribution is -0.117. The molecule has 0 heterocycles. The van der Waals surface area contributed by atoms with E-state index in [0.717, 1.165) is 12.0 Å². The van der Waals surface area contributed by atoms with E-state index in [1.807, 2.05) is 26.3 Å². The van der Waals surface area contributed by atoms with Gasteiger partial charge in [-0.25, -0.2) is 4.31 Å². The van der Waals surface area contributed by atoms with Crippen LogP contribution in [0.15, 0.2) is 11.6 Å². The molecule has 0 bridgehead atoms. The zero-order valence-electron chi connectivity index (χ0n) is 11.2. The molecule has 0 N–H and O–H groups in total. The van der Waals surface area contributed by atoms with Crippen molar-refractivity contribution in [3.63, 3.8) is 0 Å². The topological polar surface area (TPSA) is 20.3 Å². The summed E-state index contributed by atoms with van der Waals surface area (Å²) in [6, 6.07) is 0. The Bertz CT molecular complexity index is 309. The van der Waals surface area contributed by atoms with E-state index in [2.05, 4.69) is 25.1 Å². The second kappa shape index (κ2) is 4.92. The largest absolute Gasteiger partial charge is 0.294 e. The van der Waals surface area contributed by atoms with Crippen LogP contribution >= 0.6 is 11.9 Å². The highest BCUT2D eigenvalue weighted by molar-refractivity contribution is 7.96. The molecule has 0 aromatic heterocycles. The molecular weight excluding hydrogens is 218 g/mol. The highest BCUT2D eigenvalue weighted by atomic mass is 32.2. The summed E-state index contributed by atoms with van der Waals surface area (Å²) < 4.78 is 2.15. The molecule has 0 amide bonds. The first-order valence-electron chi connectivity index (χ1n) is 5.85. The number of carbonyl (C=O) groups excluding carboxylic acids is 1. The normalized spacial score (nSPS) is 26.1. The van der Waals surface area contributed by atoms with Crippen molar-refractivity contribution in [2.75, 3.05) is 13.3 Å². The molecule has 16 heavy (non-hydrogen) atoms. The molecule has 1 fully saturated rings. The van der Waals surface area contributed by atoms with Crippen LogP contribution in [0, 0.1) is 11.8 Å². The Labute approximate surface area is 104 Å². The van der Waals surface area contributed by atoms with Crippen molar-refractivity contribution in [3.05, 3.63) is 11.6 Å². The maximum absolute atomic E-state index is 12.3. The number of hydrogen-bond donors (Lipinski definition) is 0. The van der Waals surface area contributed by atoms with Gasteiger partial charge < -0.3 is 0 Å². The second-order valence-electron chi connectivity index (χ2n) is 5.13. The van der Waals surface area contributed by atoms with E-state index in [-0.39, 0.29) is 11.5 Å². The van der Waals surface area contributed by atoms with Gasteiger partial charge in [0, 0.05) is 11.5 Å². The number of nitrogens with zero attached hydrogens (tertiary/aromatic N) is 1. The van der Waals surface area contributed by atoms with Crippen LogP contribution in [-0.2, 0) is 4.79 Å². The number of ketones is 1. The van der Waals surface area contributed by atoms with Gasteiger partial charge in [0.2, 0.25) is 0 Å². The zero-order valence-corrected chi connectivity index (χ0v) is 12.0. The molecule has 1 rings (SSSR count). The Morgan fingerprint density at radius 1 is 1.50 bits per heavy atom. The van der Waals surface area contributed by atoms with Crippen LogP contribution in [-0.4, -0.2) is 28.9 Å². The van der Waals surface area contributed by atoms with E-state index in [0.29, 0.717) is 11.7 Å². The molecule has 92 valence electrons. The van der Waals surface area contributed by atoms with Crippen LogP contribution in [0.1, 0.15) is 34.1 Å². The number of likely N-dealkylation sites (N-methyl/N-ethyl adjacent to an activating group) is 1. The van der Waals surface area contributed by atoms with E-state index in [9.17, 15) is 4.79 Å². The van der Waals surface area contributed by atoms with Crippen LogP contribution in [0.5, 0.6) is 0 Å². The first kappa shape index (κ1) is 13.8. The fourth-order valence-electron chi connectivity index (χ4n) is 2.08. The van der Waals surface area contributed by atoms with Gasteiger partial charge >= 0.3 is 0 Å². The molecule has 1 saturated carbocycles. The maximum Gasteiger partial charge on any atom is 0.163 e. The fraction of sp³-hybridized carbons (Fsp3) is 0.769. The number of allylic oxidation sites excluding steroid dienone is 1. The van der Waals surface area contributed by atoms with Crippen molar-refractivity contribution in [3.8, 4) is 0 Å². The summed E-state index contributed by atoms with van der Waals surface area (Å²) in [6.45, 7) is 8.35. The Hall–Kier alpha value is -0.280. The second-order valence-corrected chi connectivity index (χ2v) is 6.04. The summed E-state index contributed by atoms with van der Waals surface area (Å²) in [5.74, 6) is 1.21. The summed E-state index contributed by atoms with van der Waals surface area (Å²) in [7, 11) is 2.04. The maximum atomic E-state index is 12.3. The number of Topliss-reactive ketones (excluding diaryl/α,β-unsaturated/α-hetero) is 1. The third kappa shape index (κ3) is 2.51. The molecular formula is C13H23NOS. The Balaban J connectivity index is 2.86. The van der Waals surface area contributed by atoms with Gasteiger partial charge in [-0.05, 0) is 46.4 Å². The molecule has 0 aliphatic heterocycles. The third-order valence-electron chi connectivity index (χ3n) is 3.72. The molecule has 2 atom stereocenters. The third-order valence-corrected chi connectivity index (χ3v) is 4.72. The molecule has 0 saturated heterocycles. The first-order chi connectivity index (χ1) is 7.36. The van der Waals surface area contributed by atoms with Crippen LogP contribution < -0.4 is 0 Å². The van der Waals surface area contributed by atoms with E-state index in [4.69, 9.17) is 0 Å². The molecule has 1 aliphatic rings. The summed E-state index contributed by atoms with van der Waals surface area (Å²) in [5.41, 5.74) is 0.770. The summed E-state index contributed by atoms with van der Waals surface area (Å²) >= 11 is 1.67. The fourth-order valence-corrected chi connectivity index (χ4v) is 2.64. The molecule has 0 aromatic carbocycles. The highest BCUT2D eigenvalue weighted by Crippen LogP contribution is 2.42. The zero-order chi connectivity index (χ0) is 12.5. The molecule has 0 radical (unpaired) electrons. The van der Waals surface area contributed by atoms with E-state index >= 15 is 0 Å². The van der Waals surface area contributed by atoms with Gasteiger partial charge in [0.25, 0.3) is 0 Å². The number of hydrogen-bond acceptors (Lipinski definition) is 3. The van der Waals surface area contributed by atoms with Crippen LogP contribution in [0.2, 0.25) is 0 Å². The quantitative estimate of drug-likeness (QED) is 0.545. The van der Waals surface area contributed by atoms with Gasteiger partial charge in [-0.3, -0.25) is 4.79 Å². The molecule has 3 heteroatoms. The van der Waals surface area contributed by atoms with E-state index in [1.165, 1.54) is 0 Å². The molecule has 1 unspecified atom stereocenters. The average Bonchev–Trinajstić information content (AvgIpc) is 2.94. The number of rotatable bonds is 5. The Morgan fingerprint density at radius 2 is 2.00 bits per heavy atom. The van der Waals surface area contributed by atoms with E-state index in [1.54, 1.807) is 11.9 Å². The lowest BCUT2D eigenvalue weighted by Gasteiger charge is -2.35. The SMILES string of the molecule is C/C=C(/C(=O)C1C[C@@H]1C)C(C)(C)N(C)SC. The van der Waals surface area contributed by atoms with Crippen molar-refractivity contribution >= 4 is 17.7 Å². The van der Waals surface area contributed by atoms with Crippen molar-refractivity contribution in [2.45, 2.75) is 39.7 Å². The minimum atomic E-state index is -0.187. The minimum absolute atomic E-state index is 0.187. The lowest BCUT2D eigenvalue weighted by Crippen LogP contribution is -2.41. The van der Waals surface area contributed by atoms with Gasteiger partial charge in [0.15, 0.2) is 5.78 Å². The molecule has 0 aromatic rings. The molecule has 0 spiro atoms. The minimum Gasteiger partial charge on any atom is -0.294 e. The van der Waals surface area contributed by atoms with Crippen LogP contribution in [0.4, 0.5) is 0 Å². The monoisotopic (exact) mass is 241 g/mol. The average molecular weight is 241 g/mol. The van der Waals surface area contributed by atoms with Gasteiger partial charge in [-0.15, -0.1) is 0 Å². The molecule has 1 aliphatic carbocycles. The summed E-state index contributed by atoms with van der Waals surface area (Å²) in [5, 5.41) is 0. The predicted octanol–water partition coefficient (Wildman–Crippen LogP) is 3.15. The van der Waals surface area contributed by atoms with Crippen LogP contribution in [0.3, 0.4) is 0 Å². The lowest BCUT2D eigenvalue weighted by atomic mass is 9.88. The van der Waals surface area contributed by atoms with Crippen molar-refractivity contribution in [2.24, 2.45) is 11.8 Å². The number of carbonyl (C=O) groups is 1. The standard InChI is InChI=1S/C13H23NOS/c1-7-11(12(15)10-8-9(10)2)13(3,4)14(5)16-6/h7,9-10H,8H2,1-6H3/b11-7-/t9-,10?/m0/s1. The highest BCUT2D eigenvalue weighted by Gasteiger charge is 2.44. The predicted molar refractivity (Wildman–Crippen MR) is 71.4 cm³/mol. The van der Waals surface area contributed by atoms with Gasteiger partial charge in [-0.2, -0.15) is 0 Å². The molecule has 2 nitrogen and oxygen atoms in total. The van der Waals surface area contributed by atoms with Gasteiger partial charge in [-0.1, -0.05) is 24.9 Å². The Morgan fingerprint density at radius 3 is 2.31 bits per heavy atom. The van der Waals surface area contributed by atoms with Crippen molar-refractivity contribution in [1.82, 2.24) is 4.31 Å². The van der Waals surface area contributed by atoms with Crippen molar-refractivity contribution < 1.29 is 4.79 Å². The van der Waals surface area contributed by atoms with E-state index < -0.39 is 0 Å². The summed E-state index contributed by atoms with van der Waals surface area (Å²) in [4.78, 5) is 12.3. The Kier molecular flexibility index (Phi) is 4.24. The first-order valence-corrected chi connectivity index (χ1v) is 7.03. The van der Waals surface area contributed by atoms with Crippen molar-refractivity contribution in [1.29, 1.82) is 0 Å². The smallest absolute Gasteiger partial charge is 0.163 e. The van der Waals surface area contributed by atoms with Gasteiger partial charge in [0.1, 0.15) is 0 Å². The van der Waals surface area contributed by atoms with Gasteiger partial charge in [0.05, 0.1) is 5.54 Å². The summed E-state index contributed by atoms with van der Waals surface area (Å²) in [6.07, 6.45) is 5.09. The van der Waals surface area contributed by atoms with Crippen LogP contribution in [0.25, 0.3) is 0 Å².